The zero-order valence-electron chi connectivity index (χ0n) is 14.9. The van der Waals surface area contributed by atoms with Gasteiger partial charge in [0.05, 0.1) is 24.4 Å². The minimum absolute atomic E-state index is 0.256. The minimum atomic E-state index is -0.964. The molecule has 144 valence electrons. The molecule has 0 saturated carbocycles. The Hall–Kier alpha value is -1.51. The molecule has 0 aromatic carbocycles. The first-order chi connectivity index (χ1) is 12.0. The summed E-state index contributed by atoms with van der Waals surface area (Å²) in [6, 6.07) is 0. The van der Waals surface area contributed by atoms with Crippen LogP contribution in [0, 0.1) is 0 Å². The van der Waals surface area contributed by atoms with Crippen molar-refractivity contribution in [3.8, 4) is 0 Å². The van der Waals surface area contributed by atoms with Crippen molar-refractivity contribution in [1.82, 2.24) is 15.0 Å². The first-order valence-corrected chi connectivity index (χ1v) is 9.10. The van der Waals surface area contributed by atoms with Gasteiger partial charge in [-0.05, 0) is 25.7 Å². The van der Waals surface area contributed by atoms with E-state index in [0.29, 0.717) is 12.8 Å². The fourth-order valence-electron chi connectivity index (χ4n) is 2.58. The normalized spacial score (nSPS) is 11.8. The molecule has 0 aliphatic heterocycles. The van der Waals surface area contributed by atoms with E-state index in [0.717, 1.165) is 57.2 Å². The molecule has 1 rings (SSSR count). The van der Waals surface area contributed by atoms with Crippen molar-refractivity contribution in [1.29, 1.82) is 0 Å². The van der Waals surface area contributed by atoms with Crippen LogP contribution >= 0.6 is 0 Å². The lowest BCUT2D eigenvalue weighted by Gasteiger charge is -2.23. The molecule has 25 heavy (non-hydrogen) atoms. The van der Waals surface area contributed by atoms with Crippen LogP contribution in [0.5, 0.6) is 0 Å². The number of aliphatic carboxylic acids is 1. The first kappa shape index (κ1) is 21.5. The molecule has 0 aliphatic rings. The molecule has 1 aromatic rings. The van der Waals surface area contributed by atoms with Gasteiger partial charge in [-0.15, -0.1) is 5.10 Å². The Kier molecular flexibility index (Phi) is 10.3. The number of carboxylic acid groups (broad SMARTS) is 1. The summed E-state index contributed by atoms with van der Waals surface area (Å²) in [6.45, 7) is 0.307. The molecular formula is C17H32N4O4. The van der Waals surface area contributed by atoms with E-state index in [4.69, 9.17) is 10.8 Å². The molecule has 0 aliphatic carbocycles. The van der Waals surface area contributed by atoms with Crippen molar-refractivity contribution in [3.05, 3.63) is 11.9 Å². The molecule has 8 nitrogen and oxygen atoms in total. The van der Waals surface area contributed by atoms with Crippen molar-refractivity contribution < 1.29 is 20.1 Å². The quantitative estimate of drug-likeness (QED) is 0.346. The molecule has 0 saturated heterocycles. The number of rotatable bonds is 15. The maximum atomic E-state index is 10.4. The van der Waals surface area contributed by atoms with Gasteiger partial charge < -0.3 is 21.1 Å². The number of unbranched alkanes of at least 4 members (excludes halogenated alkanes) is 6. The number of nitrogens with two attached hydrogens (primary N) is 1. The van der Waals surface area contributed by atoms with Crippen LogP contribution in [0.2, 0.25) is 0 Å². The maximum Gasteiger partial charge on any atom is 0.303 e. The monoisotopic (exact) mass is 356 g/mol. The van der Waals surface area contributed by atoms with Crippen LogP contribution in [0.1, 0.15) is 63.5 Å². The number of aliphatic hydroxyl groups is 2. The lowest BCUT2D eigenvalue weighted by atomic mass is 9.96. The molecule has 0 atom stereocenters. The van der Waals surface area contributed by atoms with Crippen molar-refractivity contribution in [2.45, 2.75) is 76.3 Å². The first-order valence-electron chi connectivity index (χ1n) is 9.10. The lowest BCUT2D eigenvalue weighted by molar-refractivity contribution is -0.137. The van der Waals surface area contributed by atoms with Crippen LogP contribution in [0.25, 0.3) is 0 Å². The number of aliphatic hydroxyl groups excluding tert-OH is 2. The SMILES string of the molecule is NC(CO)(CO)CCc1cn(CCCCCCCCCC(=O)O)nn1. The van der Waals surface area contributed by atoms with E-state index in [1.807, 2.05) is 10.9 Å². The van der Waals surface area contributed by atoms with E-state index in [-0.39, 0.29) is 19.6 Å². The summed E-state index contributed by atoms with van der Waals surface area (Å²) in [5, 5.41) is 35.1. The molecule has 0 radical (unpaired) electrons. The Balaban J connectivity index is 2.09. The van der Waals surface area contributed by atoms with E-state index < -0.39 is 11.5 Å². The third-order valence-electron chi connectivity index (χ3n) is 4.37. The third-order valence-corrected chi connectivity index (χ3v) is 4.37. The summed E-state index contributed by atoms with van der Waals surface area (Å²) in [7, 11) is 0. The van der Waals surface area contributed by atoms with Crippen LogP contribution < -0.4 is 5.73 Å². The Morgan fingerprint density at radius 1 is 1.08 bits per heavy atom. The van der Waals surface area contributed by atoms with Crippen molar-refractivity contribution >= 4 is 5.97 Å². The Labute approximate surface area is 149 Å². The summed E-state index contributed by atoms with van der Waals surface area (Å²) >= 11 is 0. The fraction of sp³-hybridized carbons (Fsp3) is 0.824. The van der Waals surface area contributed by atoms with Crippen LogP contribution in [-0.4, -0.2) is 55.0 Å². The highest BCUT2D eigenvalue weighted by Crippen LogP contribution is 2.11. The number of nitrogens with zero attached hydrogens (tertiary/aromatic N) is 3. The largest absolute Gasteiger partial charge is 0.481 e. The Morgan fingerprint density at radius 3 is 2.28 bits per heavy atom. The van der Waals surface area contributed by atoms with E-state index in [9.17, 15) is 15.0 Å². The van der Waals surface area contributed by atoms with Crippen molar-refractivity contribution in [2.24, 2.45) is 5.73 Å². The lowest BCUT2D eigenvalue weighted by Crippen LogP contribution is -2.47. The third kappa shape index (κ3) is 9.52. The number of aryl methyl sites for hydroxylation is 2. The zero-order chi connectivity index (χ0) is 18.5. The molecule has 0 bridgehead atoms. The van der Waals surface area contributed by atoms with Gasteiger partial charge in [-0.25, -0.2) is 0 Å². The van der Waals surface area contributed by atoms with Crippen LogP contribution in [0.15, 0.2) is 6.20 Å². The molecule has 1 heterocycles. The van der Waals surface area contributed by atoms with E-state index in [2.05, 4.69) is 10.3 Å². The molecular weight excluding hydrogens is 324 g/mol. The standard InChI is InChI=1S/C17H32N4O4/c18-17(13-22,14-23)10-9-15-12-21(20-19-15)11-7-5-3-1-2-4-6-8-16(24)25/h12,22-23H,1-11,13-14,18H2,(H,24,25). The van der Waals surface area contributed by atoms with E-state index in [1.165, 1.54) is 0 Å². The van der Waals surface area contributed by atoms with E-state index in [1.54, 1.807) is 0 Å². The topological polar surface area (TPSA) is 134 Å². The predicted molar refractivity (Wildman–Crippen MR) is 94.0 cm³/mol. The second kappa shape index (κ2) is 11.9. The smallest absolute Gasteiger partial charge is 0.303 e. The molecule has 0 fully saturated rings. The highest BCUT2D eigenvalue weighted by Gasteiger charge is 2.23. The number of carboxylic acids is 1. The second-order valence-corrected chi connectivity index (χ2v) is 6.77. The van der Waals surface area contributed by atoms with Gasteiger partial charge in [-0.1, -0.05) is 37.3 Å². The van der Waals surface area contributed by atoms with Crippen molar-refractivity contribution in [3.63, 3.8) is 0 Å². The van der Waals surface area contributed by atoms with Gasteiger partial charge in [-0.2, -0.15) is 0 Å². The Bertz CT molecular complexity index is 489. The second-order valence-electron chi connectivity index (χ2n) is 6.77. The number of aromatic nitrogens is 3. The van der Waals surface area contributed by atoms with Crippen LogP contribution in [0.3, 0.4) is 0 Å². The summed E-state index contributed by atoms with van der Waals surface area (Å²) in [6.07, 6.45) is 10.5. The molecule has 0 unspecified atom stereocenters. The van der Waals surface area contributed by atoms with E-state index >= 15 is 0 Å². The summed E-state index contributed by atoms with van der Waals surface area (Å²) in [4.78, 5) is 10.4. The van der Waals surface area contributed by atoms with Gasteiger partial charge in [0.1, 0.15) is 0 Å². The average Bonchev–Trinajstić information content (AvgIpc) is 3.06. The van der Waals surface area contributed by atoms with Gasteiger partial charge in [0.25, 0.3) is 0 Å². The highest BCUT2D eigenvalue weighted by molar-refractivity contribution is 5.66. The Morgan fingerprint density at radius 2 is 1.68 bits per heavy atom. The molecule has 1 aromatic heterocycles. The van der Waals surface area contributed by atoms with Gasteiger partial charge in [0, 0.05) is 19.2 Å². The summed E-state index contributed by atoms with van der Waals surface area (Å²) in [5.74, 6) is -0.711. The predicted octanol–water partition coefficient (Wildman–Crippen LogP) is 1.10. The van der Waals surface area contributed by atoms with Gasteiger partial charge in [-0.3, -0.25) is 9.48 Å². The fourth-order valence-corrected chi connectivity index (χ4v) is 2.58. The highest BCUT2D eigenvalue weighted by atomic mass is 16.4. The molecule has 0 spiro atoms. The minimum Gasteiger partial charge on any atom is -0.481 e. The molecule has 8 heteroatoms. The summed E-state index contributed by atoms with van der Waals surface area (Å²) < 4.78 is 1.82. The summed E-state index contributed by atoms with van der Waals surface area (Å²) in [5.41, 5.74) is 5.69. The number of hydrogen-bond acceptors (Lipinski definition) is 6. The van der Waals surface area contributed by atoms with Crippen LogP contribution in [-0.2, 0) is 17.8 Å². The zero-order valence-corrected chi connectivity index (χ0v) is 14.9. The number of carbonyl (C=O) groups is 1. The molecule has 5 N–H and O–H groups in total. The number of hydrogen-bond donors (Lipinski definition) is 4. The van der Waals surface area contributed by atoms with Gasteiger partial charge >= 0.3 is 5.97 Å². The molecule has 0 amide bonds. The maximum absolute atomic E-state index is 10.4. The average molecular weight is 356 g/mol. The van der Waals surface area contributed by atoms with Gasteiger partial charge in [0.2, 0.25) is 0 Å². The van der Waals surface area contributed by atoms with Gasteiger partial charge in [0.15, 0.2) is 0 Å². The van der Waals surface area contributed by atoms with Crippen LogP contribution in [0.4, 0.5) is 0 Å². The van der Waals surface area contributed by atoms with Crippen molar-refractivity contribution in [2.75, 3.05) is 13.2 Å².